The molecular weight excluding hydrogens is 234 g/mol. The highest BCUT2D eigenvalue weighted by atomic mass is 15.3. The summed E-state index contributed by atoms with van der Waals surface area (Å²) in [5.41, 5.74) is 0. The lowest BCUT2D eigenvalue weighted by Gasteiger charge is -2.41. The Morgan fingerprint density at radius 3 is 2.58 bits per heavy atom. The van der Waals surface area contributed by atoms with Crippen LogP contribution < -0.4 is 5.32 Å². The molecular formula is C16H33N3. The van der Waals surface area contributed by atoms with Crippen LogP contribution in [0.2, 0.25) is 0 Å². The number of nitrogens with one attached hydrogen (secondary N) is 1. The molecule has 1 heterocycles. The normalized spacial score (nSPS) is 28.9. The predicted octanol–water partition coefficient (Wildman–Crippen LogP) is 2.18. The monoisotopic (exact) mass is 267 g/mol. The molecule has 0 amide bonds. The Bertz CT molecular complexity index is 250. The summed E-state index contributed by atoms with van der Waals surface area (Å²) in [6, 6.07) is 1.44. The van der Waals surface area contributed by atoms with Crippen molar-refractivity contribution in [1.82, 2.24) is 15.1 Å². The van der Waals surface area contributed by atoms with E-state index in [1.165, 1.54) is 64.8 Å². The number of nitrogens with zero attached hydrogens (tertiary/aromatic N) is 2. The molecule has 0 aromatic carbocycles. The van der Waals surface area contributed by atoms with Gasteiger partial charge in [-0.2, -0.15) is 0 Å². The number of hydrogen-bond acceptors (Lipinski definition) is 3. The molecule has 2 unspecified atom stereocenters. The lowest BCUT2D eigenvalue weighted by molar-refractivity contribution is 0.0823. The second-order valence-electron chi connectivity index (χ2n) is 6.71. The summed E-state index contributed by atoms with van der Waals surface area (Å²) in [6.07, 6.45) is 7.05. The Morgan fingerprint density at radius 1 is 1.21 bits per heavy atom. The van der Waals surface area contributed by atoms with Gasteiger partial charge in [-0.25, -0.2) is 0 Å². The minimum atomic E-state index is 0.714. The van der Waals surface area contributed by atoms with Gasteiger partial charge in [0.15, 0.2) is 0 Å². The maximum atomic E-state index is 3.84. The van der Waals surface area contributed by atoms with Gasteiger partial charge in [-0.15, -0.1) is 0 Å². The van der Waals surface area contributed by atoms with Crippen molar-refractivity contribution in [3.05, 3.63) is 0 Å². The summed E-state index contributed by atoms with van der Waals surface area (Å²) in [7, 11) is 2.25. The fraction of sp³-hybridized carbons (Fsp3) is 1.00. The van der Waals surface area contributed by atoms with Gasteiger partial charge in [0.05, 0.1) is 0 Å². The van der Waals surface area contributed by atoms with Gasteiger partial charge in [0.2, 0.25) is 0 Å². The van der Waals surface area contributed by atoms with E-state index in [0.29, 0.717) is 6.04 Å². The van der Waals surface area contributed by atoms with Gasteiger partial charge in [-0.05, 0) is 45.7 Å². The molecule has 1 saturated heterocycles. The fourth-order valence-electron chi connectivity index (χ4n) is 3.77. The Kier molecular flexibility index (Phi) is 6.11. The SMILES string of the molecule is CCCNC(CN1CCN(C)CC1C)C1CCCC1. The first-order valence-electron chi connectivity index (χ1n) is 8.36. The Balaban J connectivity index is 1.87. The zero-order valence-corrected chi connectivity index (χ0v) is 13.2. The van der Waals surface area contributed by atoms with Crippen LogP contribution in [0.1, 0.15) is 46.0 Å². The first-order chi connectivity index (χ1) is 9.20. The second kappa shape index (κ2) is 7.61. The van der Waals surface area contributed by atoms with Gasteiger partial charge < -0.3 is 10.2 Å². The van der Waals surface area contributed by atoms with Crippen LogP contribution in [0.15, 0.2) is 0 Å². The minimum Gasteiger partial charge on any atom is -0.312 e. The van der Waals surface area contributed by atoms with Gasteiger partial charge in [0.1, 0.15) is 0 Å². The third kappa shape index (κ3) is 4.44. The third-order valence-corrected chi connectivity index (χ3v) is 5.02. The molecule has 1 N–H and O–H groups in total. The molecule has 0 bridgehead atoms. The number of likely N-dealkylation sites (N-methyl/N-ethyl adjacent to an activating group) is 1. The molecule has 0 radical (unpaired) electrons. The Hall–Kier alpha value is -0.120. The van der Waals surface area contributed by atoms with Crippen molar-refractivity contribution in [3.63, 3.8) is 0 Å². The highest BCUT2D eigenvalue weighted by Gasteiger charge is 2.29. The quantitative estimate of drug-likeness (QED) is 0.796. The van der Waals surface area contributed by atoms with Gasteiger partial charge in [-0.3, -0.25) is 4.90 Å². The lowest BCUT2D eigenvalue weighted by Crippen LogP contribution is -2.55. The van der Waals surface area contributed by atoms with E-state index < -0.39 is 0 Å². The van der Waals surface area contributed by atoms with Crippen molar-refractivity contribution in [2.45, 2.75) is 58.0 Å². The van der Waals surface area contributed by atoms with Crippen molar-refractivity contribution < 1.29 is 0 Å². The smallest absolute Gasteiger partial charge is 0.0223 e. The Labute approximate surface area is 119 Å². The van der Waals surface area contributed by atoms with E-state index in [9.17, 15) is 0 Å². The summed E-state index contributed by atoms with van der Waals surface area (Å²) < 4.78 is 0. The van der Waals surface area contributed by atoms with Crippen molar-refractivity contribution >= 4 is 0 Å². The molecule has 1 aliphatic heterocycles. The molecule has 1 aliphatic carbocycles. The van der Waals surface area contributed by atoms with Crippen LogP contribution in [-0.2, 0) is 0 Å². The average Bonchev–Trinajstić information content (AvgIpc) is 2.90. The van der Waals surface area contributed by atoms with E-state index in [2.05, 4.69) is 36.0 Å². The van der Waals surface area contributed by atoms with E-state index in [-0.39, 0.29) is 0 Å². The fourth-order valence-corrected chi connectivity index (χ4v) is 3.77. The second-order valence-corrected chi connectivity index (χ2v) is 6.71. The summed E-state index contributed by atoms with van der Waals surface area (Å²) in [5.74, 6) is 0.929. The van der Waals surface area contributed by atoms with Crippen molar-refractivity contribution in [2.24, 2.45) is 5.92 Å². The molecule has 0 aromatic heterocycles. The maximum absolute atomic E-state index is 3.84. The molecule has 2 atom stereocenters. The molecule has 3 heteroatoms. The zero-order chi connectivity index (χ0) is 13.7. The molecule has 19 heavy (non-hydrogen) atoms. The van der Waals surface area contributed by atoms with Gasteiger partial charge >= 0.3 is 0 Å². The summed E-state index contributed by atoms with van der Waals surface area (Å²) in [4.78, 5) is 5.18. The average molecular weight is 267 g/mol. The van der Waals surface area contributed by atoms with Crippen LogP contribution in [0.3, 0.4) is 0 Å². The summed E-state index contributed by atoms with van der Waals surface area (Å²) >= 11 is 0. The van der Waals surface area contributed by atoms with Crippen molar-refractivity contribution in [2.75, 3.05) is 39.8 Å². The van der Waals surface area contributed by atoms with Crippen LogP contribution in [0.4, 0.5) is 0 Å². The standard InChI is InChI=1S/C16H33N3/c1-4-9-17-16(15-7-5-6-8-15)13-19-11-10-18(3)12-14(19)2/h14-17H,4-13H2,1-3H3. The first-order valence-corrected chi connectivity index (χ1v) is 8.36. The van der Waals surface area contributed by atoms with Gasteiger partial charge in [0.25, 0.3) is 0 Å². The highest BCUT2D eigenvalue weighted by Crippen LogP contribution is 2.28. The number of rotatable bonds is 6. The minimum absolute atomic E-state index is 0.714. The maximum Gasteiger partial charge on any atom is 0.0223 e. The Morgan fingerprint density at radius 2 is 1.95 bits per heavy atom. The molecule has 112 valence electrons. The largest absolute Gasteiger partial charge is 0.312 e. The molecule has 1 saturated carbocycles. The summed E-state index contributed by atoms with van der Waals surface area (Å²) in [5, 5.41) is 3.84. The third-order valence-electron chi connectivity index (χ3n) is 5.02. The van der Waals surface area contributed by atoms with Crippen molar-refractivity contribution in [3.8, 4) is 0 Å². The van der Waals surface area contributed by atoms with E-state index in [1.54, 1.807) is 0 Å². The van der Waals surface area contributed by atoms with Crippen LogP contribution >= 0.6 is 0 Å². The molecule has 2 aliphatic rings. The van der Waals surface area contributed by atoms with E-state index in [1.807, 2.05) is 0 Å². The zero-order valence-electron chi connectivity index (χ0n) is 13.2. The first kappa shape index (κ1) is 15.3. The molecule has 2 rings (SSSR count). The van der Waals surface area contributed by atoms with Gasteiger partial charge in [0, 0.05) is 38.3 Å². The topological polar surface area (TPSA) is 18.5 Å². The molecule has 0 aromatic rings. The van der Waals surface area contributed by atoms with Crippen LogP contribution in [0.5, 0.6) is 0 Å². The molecule has 0 spiro atoms. The van der Waals surface area contributed by atoms with E-state index in [0.717, 1.165) is 12.0 Å². The number of hydrogen-bond donors (Lipinski definition) is 1. The molecule has 3 nitrogen and oxygen atoms in total. The molecule has 2 fully saturated rings. The van der Waals surface area contributed by atoms with E-state index >= 15 is 0 Å². The van der Waals surface area contributed by atoms with Gasteiger partial charge in [-0.1, -0.05) is 19.8 Å². The number of piperazine rings is 1. The predicted molar refractivity (Wildman–Crippen MR) is 82.6 cm³/mol. The van der Waals surface area contributed by atoms with Crippen LogP contribution in [-0.4, -0.2) is 61.7 Å². The van der Waals surface area contributed by atoms with Crippen molar-refractivity contribution in [1.29, 1.82) is 0 Å². The van der Waals surface area contributed by atoms with Crippen LogP contribution in [0, 0.1) is 5.92 Å². The highest BCUT2D eigenvalue weighted by molar-refractivity contribution is 4.87. The van der Waals surface area contributed by atoms with Crippen LogP contribution in [0.25, 0.3) is 0 Å². The lowest BCUT2D eigenvalue weighted by atomic mass is 9.96. The summed E-state index contributed by atoms with van der Waals surface area (Å²) in [6.45, 7) is 10.8. The van der Waals surface area contributed by atoms with E-state index in [4.69, 9.17) is 0 Å².